The molecule has 1 atom stereocenters. The van der Waals surface area contributed by atoms with Crippen LogP contribution in [-0.2, 0) is 19.1 Å². The Balaban J connectivity index is 2.72. The molecule has 1 aliphatic rings. The van der Waals surface area contributed by atoms with E-state index in [2.05, 4.69) is 5.32 Å². The predicted octanol–water partition coefficient (Wildman–Crippen LogP) is 3.96. The molecule has 32 heavy (non-hydrogen) atoms. The summed E-state index contributed by atoms with van der Waals surface area (Å²) < 4.78 is 16.1. The highest BCUT2D eigenvalue weighted by molar-refractivity contribution is 6.17. The Morgan fingerprint density at radius 1 is 1.16 bits per heavy atom. The Labute approximate surface area is 191 Å². The van der Waals surface area contributed by atoms with Crippen LogP contribution in [0, 0.1) is 10.1 Å². The number of alkyl halides is 1. The fraction of sp³-hybridized carbons (Fsp3) is 0.455. The molecule has 9 nitrogen and oxygen atoms in total. The molecular weight excluding hydrogens is 440 g/mol. The fourth-order valence-corrected chi connectivity index (χ4v) is 3.74. The lowest BCUT2D eigenvalue weighted by Gasteiger charge is -2.31. The van der Waals surface area contributed by atoms with E-state index in [0.29, 0.717) is 41.6 Å². The smallest absolute Gasteiger partial charge is 0.336 e. The number of nitrogens with zero attached hydrogens (tertiary/aromatic N) is 1. The van der Waals surface area contributed by atoms with Crippen LogP contribution >= 0.6 is 11.6 Å². The van der Waals surface area contributed by atoms with Crippen LogP contribution in [-0.4, -0.2) is 43.1 Å². The molecule has 0 bridgehead atoms. The van der Waals surface area contributed by atoms with E-state index >= 15 is 0 Å². The van der Waals surface area contributed by atoms with E-state index in [-0.39, 0.29) is 23.4 Å². The minimum absolute atomic E-state index is 0.120. The van der Waals surface area contributed by atoms with Gasteiger partial charge < -0.3 is 19.5 Å². The highest BCUT2D eigenvalue weighted by atomic mass is 35.5. The minimum atomic E-state index is -0.981. The number of benzene rings is 1. The number of non-ortho nitro benzene ring substituents is 1. The normalized spacial score (nSPS) is 15.8. The van der Waals surface area contributed by atoms with Crippen molar-refractivity contribution in [2.24, 2.45) is 0 Å². The number of carbonyl (C=O) groups excluding carboxylic acids is 2. The second kappa shape index (κ2) is 11.5. The molecule has 0 amide bonds. The minimum Gasteiger partial charge on any atom is -0.493 e. The topological polar surface area (TPSA) is 117 Å². The summed E-state index contributed by atoms with van der Waals surface area (Å²) in [6.07, 6.45) is 1.40. The maximum atomic E-state index is 12.9. The number of hydrogen-bond acceptors (Lipinski definition) is 8. The number of methoxy groups -OCH3 is 1. The van der Waals surface area contributed by atoms with Crippen molar-refractivity contribution in [3.05, 3.63) is 56.4 Å². The Morgan fingerprint density at radius 3 is 2.38 bits per heavy atom. The predicted molar refractivity (Wildman–Crippen MR) is 118 cm³/mol. The molecule has 1 aliphatic heterocycles. The molecule has 0 radical (unpaired) electrons. The average molecular weight is 467 g/mol. The number of unbranched alkanes of at least 4 members (excludes halogenated alkanes) is 1. The van der Waals surface area contributed by atoms with Crippen LogP contribution in [0.25, 0.3) is 0 Å². The van der Waals surface area contributed by atoms with Gasteiger partial charge in [0.2, 0.25) is 0 Å². The third kappa shape index (κ3) is 5.59. The van der Waals surface area contributed by atoms with Gasteiger partial charge in [0.15, 0.2) is 0 Å². The number of allylic oxidation sites excluding steroid dienone is 2. The van der Waals surface area contributed by atoms with Gasteiger partial charge in [0.25, 0.3) is 5.69 Å². The molecule has 0 aliphatic carbocycles. The average Bonchev–Trinajstić information content (AvgIpc) is 2.75. The monoisotopic (exact) mass is 466 g/mol. The number of nitro benzene ring substituents is 1. The summed E-state index contributed by atoms with van der Waals surface area (Å²) in [6.45, 7) is 5.45. The van der Waals surface area contributed by atoms with Crippen molar-refractivity contribution in [2.75, 3.05) is 26.2 Å². The molecule has 1 N–H and O–H groups in total. The Kier molecular flexibility index (Phi) is 9.07. The van der Waals surface area contributed by atoms with Gasteiger partial charge in [0.05, 0.1) is 42.3 Å². The molecule has 1 aromatic rings. The van der Waals surface area contributed by atoms with Crippen molar-refractivity contribution >= 4 is 29.2 Å². The molecule has 0 spiro atoms. The van der Waals surface area contributed by atoms with Crippen LogP contribution in [0.5, 0.6) is 5.75 Å². The number of ether oxygens (including phenoxy) is 3. The first-order valence-electron chi connectivity index (χ1n) is 10.2. The quantitative estimate of drug-likeness (QED) is 0.181. The third-order valence-electron chi connectivity index (χ3n) is 4.96. The van der Waals surface area contributed by atoms with E-state index in [1.165, 1.54) is 25.3 Å². The molecule has 174 valence electrons. The van der Waals surface area contributed by atoms with Crippen LogP contribution in [0.2, 0.25) is 0 Å². The number of halogens is 1. The summed E-state index contributed by atoms with van der Waals surface area (Å²) in [5.41, 5.74) is 1.34. The van der Waals surface area contributed by atoms with Crippen molar-refractivity contribution in [3.63, 3.8) is 0 Å². The molecule has 2 rings (SSSR count). The lowest BCUT2D eigenvalue weighted by molar-refractivity contribution is -0.384. The van der Waals surface area contributed by atoms with Crippen LogP contribution in [0.1, 0.15) is 45.1 Å². The van der Waals surface area contributed by atoms with Gasteiger partial charge >= 0.3 is 11.9 Å². The third-order valence-corrected chi connectivity index (χ3v) is 5.23. The zero-order valence-corrected chi connectivity index (χ0v) is 19.3. The van der Waals surface area contributed by atoms with E-state index in [0.717, 1.165) is 6.42 Å². The molecular formula is C22H27ClN2O7. The second-order valence-corrected chi connectivity index (χ2v) is 7.45. The molecule has 1 unspecified atom stereocenters. The van der Waals surface area contributed by atoms with Crippen molar-refractivity contribution in [2.45, 2.75) is 39.5 Å². The van der Waals surface area contributed by atoms with E-state index in [9.17, 15) is 19.7 Å². The number of rotatable bonds is 10. The molecule has 0 fully saturated rings. The van der Waals surface area contributed by atoms with Crippen LogP contribution in [0.3, 0.4) is 0 Å². The SMILES string of the molecule is CCOC(=O)C1=C(C)NC(C)=C(C(=O)OC)C1c1cc([N+](=O)[O-])ccc1OCCCCCl. The zero-order chi connectivity index (χ0) is 23.8. The molecule has 0 aromatic heterocycles. The number of dihydropyridines is 1. The highest BCUT2D eigenvalue weighted by Gasteiger charge is 2.40. The number of hydrogen-bond donors (Lipinski definition) is 1. The van der Waals surface area contributed by atoms with Gasteiger partial charge in [-0.15, -0.1) is 11.6 Å². The maximum absolute atomic E-state index is 12.9. The number of esters is 2. The lowest BCUT2D eigenvalue weighted by atomic mass is 9.79. The van der Waals surface area contributed by atoms with E-state index in [1.807, 2.05) is 0 Å². The molecule has 10 heteroatoms. The fourth-order valence-electron chi connectivity index (χ4n) is 3.55. The molecule has 0 saturated carbocycles. The largest absolute Gasteiger partial charge is 0.493 e. The summed E-state index contributed by atoms with van der Waals surface area (Å²) in [7, 11) is 1.23. The summed E-state index contributed by atoms with van der Waals surface area (Å²) in [6, 6.07) is 4.10. The van der Waals surface area contributed by atoms with Gasteiger partial charge in [-0.25, -0.2) is 9.59 Å². The van der Waals surface area contributed by atoms with Gasteiger partial charge in [-0.05, 0) is 39.7 Å². The van der Waals surface area contributed by atoms with Gasteiger partial charge in [0.1, 0.15) is 5.75 Å². The Morgan fingerprint density at radius 2 is 1.81 bits per heavy atom. The molecule has 1 heterocycles. The van der Waals surface area contributed by atoms with Gasteiger partial charge in [-0.1, -0.05) is 0 Å². The Bertz CT molecular complexity index is 956. The van der Waals surface area contributed by atoms with Crippen LogP contribution < -0.4 is 10.1 Å². The van der Waals surface area contributed by atoms with Crippen molar-refractivity contribution < 1.29 is 28.7 Å². The van der Waals surface area contributed by atoms with E-state index < -0.39 is 22.8 Å². The first-order valence-corrected chi connectivity index (χ1v) is 10.7. The zero-order valence-electron chi connectivity index (χ0n) is 18.5. The number of carbonyl (C=O) groups is 2. The maximum Gasteiger partial charge on any atom is 0.336 e. The van der Waals surface area contributed by atoms with Crippen LogP contribution in [0.4, 0.5) is 5.69 Å². The first kappa shape index (κ1) is 25.2. The van der Waals surface area contributed by atoms with Gasteiger partial charge in [-0.2, -0.15) is 0 Å². The standard InChI is InChI=1S/C22H27ClN2O7/c1-5-31-22(27)19-14(3)24-13(2)18(21(26)30-4)20(19)16-12-15(25(28)29)8-9-17(16)32-11-7-6-10-23/h8-9,12,20,24H,5-7,10-11H2,1-4H3. The van der Waals surface area contributed by atoms with Gasteiger partial charge in [-0.3, -0.25) is 10.1 Å². The highest BCUT2D eigenvalue weighted by Crippen LogP contribution is 2.44. The summed E-state index contributed by atoms with van der Waals surface area (Å²) >= 11 is 5.73. The van der Waals surface area contributed by atoms with E-state index in [4.69, 9.17) is 25.8 Å². The van der Waals surface area contributed by atoms with Crippen molar-refractivity contribution in [1.29, 1.82) is 0 Å². The lowest BCUT2D eigenvalue weighted by Crippen LogP contribution is -2.32. The van der Waals surface area contributed by atoms with Crippen LogP contribution in [0.15, 0.2) is 40.7 Å². The summed E-state index contributed by atoms with van der Waals surface area (Å²) in [5.74, 6) is -1.50. The van der Waals surface area contributed by atoms with Gasteiger partial charge in [0, 0.05) is 35.0 Å². The Hall–Kier alpha value is -3.07. The summed E-state index contributed by atoms with van der Waals surface area (Å²) in [4.78, 5) is 36.6. The number of nitrogens with one attached hydrogen (secondary N) is 1. The second-order valence-electron chi connectivity index (χ2n) is 7.07. The van der Waals surface area contributed by atoms with E-state index in [1.54, 1.807) is 20.8 Å². The molecule has 0 saturated heterocycles. The number of nitro groups is 1. The van der Waals surface area contributed by atoms with Crippen molar-refractivity contribution in [1.82, 2.24) is 5.32 Å². The molecule has 1 aromatic carbocycles. The van der Waals surface area contributed by atoms with Crippen molar-refractivity contribution in [3.8, 4) is 5.75 Å². The summed E-state index contributed by atoms with van der Waals surface area (Å²) in [5, 5.41) is 14.5. The first-order chi connectivity index (χ1) is 15.3.